The Bertz CT molecular complexity index is 778. The van der Waals surface area contributed by atoms with Crippen LogP contribution in [0.5, 0.6) is 0 Å². The van der Waals surface area contributed by atoms with Gasteiger partial charge in [-0.2, -0.15) is 0 Å². The Morgan fingerprint density at radius 3 is 2.83 bits per heavy atom. The molecule has 0 radical (unpaired) electrons. The molecular weight excluding hydrogens is 322 g/mol. The second-order valence-electron chi connectivity index (χ2n) is 6.13. The van der Waals surface area contributed by atoms with Gasteiger partial charge in [-0.25, -0.2) is 13.1 Å². The first-order valence-corrected chi connectivity index (χ1v) is 9.83. The number of aromatic nitrogens is 1. The van der Waals surface area contributed by atoms with Crippen molar-refractivity contribution >= 4 is 10.0 Å². The van der Waals surface area contributed by atoms with Gasteiger partial charge >= 0.3 is 0 Å². The van der Waals surface area contributed by atoms with E-state index in [1.165, 1.54) is 5.56 Å². The normalized spacial score (nSPS) is 18.8. The van der Waals surface area contributed by atoms with Crippen molar-refractivity contribution in [1.82, 2.24) is 14.6 Å². The molecule has 2 heterocycles. The summed E-state index contributed by atoms with van der Waals surface area (Å²) < 4.78 is 26.9. The van der Waals surface area contributed by atoms with Crippen LogP contribution in [-0.4, -0.2) is 43.2 Å². The Hall–Kier alpha value is -1.76. The molecule has 24 heavy (non-hydrogen) atoms. The molecule has 1 atom stereocenters. The maximum atomic E-state index is 12.1. The van der Waals surface area contributed by atoms with Crippen LogP contribution in [0.1, 0.15) is 18.9 Å². The molecule has 0 amide bonds. The highest BCUT2D eigenvalue weighted by Gasteiger charge is 2.32. The topological polar surface area (TPSA) is 62.3 Å². The van der Waals surface area contributed by atoms with Gasteiger partial charge in [0.2, 0.25) is 10.0 Å². The average molecular weight is 345 g/mol. The minimum atomic E-state index is -3.19. The summed E-state index contributed by atoms with van der Waals surface area (Å²) in [5.74, 6) is 0. The van der Waals surface area contributed by atoms with Crippen LogP contribution in [0.2, 0.25) is 0 Å². The minimum Gasteiger partial charge on any atom is -0.298 e. The predicted molar refractivity (Wildman–Crippen MR) is 96.0 cm³/mol. The zero-order chi connectivity index (χ0) is 17.0. The third-order valence-corrected chi connectivity index (χ3v) is 6.30. The van der Waals surface area contributed by atoms with Crippen molar-refractivity contribution in [2.75, 3.05) is 19.6 Å². The van der Waals surface area contributed by atoms with Gasteiger partial charge in [0.1, 0.15) is 0 Å². The highest BCUT2D eigenvalue weighted by atomic mass is 32.2. The number of nitrogens with zero attached hydrogens (tertiary/aromatic N) is 2. The molecule has 0 bridgehead atoms. The number of hydrogen-bond acceptors (Lipinski definition) is 4. The van der Waals surface area contributed by atoms with E-state index in [0.717, 1.165) is 24.2 Å². The summed E-state index contributed by atoms with van der Waals surface area (Å²) in [6.45, 7) is 4.44. The molecular formula is C18H23N3O2S. The summed E-state index contributed by atoms with van der Waals surface area (Å²) in [7, 11) is -3.19. The Balaban J connectivity index is 1.67. The molecule has 128 valence electrons. The van der Waals surface area contributed by atoms with Crippen LogP contribution in [0.4, 0.5) is 0 Å². The first kappa shape index (κ1) is 17.1. The van der Waals surface area contributed by atoms with E-state index >= 15 is 0 Å². The van der Waals surface area contributed by atoms with Crippen molar-refractivity contribution in [2.24, 2.45) is 0 Å². The maximum Gasteiger partial charge on any atom is 0.215 e. The van der Waals surface area contributed by atoms with Gasteiger partial charge in [-0.15, -0.1) is 0 Å². The van der Waals surface area contributed by atoms with Gasteiger partial charge in [-0.1, -0.05) is 31.2 Å². The van der Waals surface area contributed by atoms with Gasteiger partial charge in [0, 0.05) is 32.0 Å². The zero-order valence-electron chi connectivity index (χ0n) is 13.9. The monoisotopic (exact) mass is 345 g/mol. The SMILES string of the molecule is CCNS(=O)(=O)C1CCN(Cc2cccc(-c3cccnc3)c2)C1. The molecule has 5 nitrogen and oxygen atoms in total. The lowest BCUT2D eigenvalue weighted by atomic mass is 10.0. The van der Waals surface area contributed by atoms with E-state index in [-0.39, 0.29) is 5.25 Å². The van der Waals surface area contributed by atoms with E-state index in [1.54, 1.807) is 6.20 Å². The predicted octanol–water partition coefficient (Wildman–Crippen LogP) is 2.26. The number of nitrogens with one attached hydrogen (secondary N) is 1. The van der Waals surface area contributed by atoms with Gasteiger partial charge < -0.3 is 0 Å². The Morgan fingerprint density at radius 1 is 1.25 bits per heavy atom. The van der Waals surface area contributed by atoms with Crippen molar-refractivity contribution in [3.8, 4) is 11.1 Å². The smallest absolute Gasteiger partial charge is 0.215 e. The molecule has 0 aliphatic carbocycles. The summed E-state index contributed by atoms with van der Waals surface area (Å²) in [5, 5.41) is -0.307. The van der Waals surface area contributed by atoms with Crippen LogP contribution >= 0.6 is 0 Å². The number of likely N-dealkylation sites (tertiary alicyclic amines) is 1. The number of rotatable bonds is 6. The molecule has 1 aromatic carbocycles. The van der Waals surface area contributed by atoms with Crippen LogP contribution < -0.4 is 4.72 Å². The van der Waals surface area contributed by atoms with Gasteiger partial charge in [-0.05, 0) is 41.8 Å². The van der Waals surface area contributed by atoms with Crippen LogP contribution in [0.25, 0.3) is 11.1 Å². The summed E-state index contributed by atoms with van der Waals surface area (Å²) in [4.78, 5) is 6.37. The number of benzene rings is 1. The van der Waals surface area contributed by atoms with Gasteiger partial charge in [-0.3, -0.25) is 9.88 Å². The molecule has 6 heteroatoms. The summed E-state index contributed by atoms with van der Waals surface area (Å²) in [6, 6.07) is 12.3. The van der Waals surface area contributed by atoms with Crippen molar-refractivity contribution in [3.63, 3.8) is 0 Å². The van der Waals surface area contributed by atoms with E-state index in [9.17, 15) is 8.42 Å². The molecule has 3 rings (SSSR count). The average Bonchev–Trinajstić information content (AvgIpc) is 3.05. The van der Waals surface area contributed by atoms with Crippen LogP contribution in [0.15, 0.2) is 48.8 Å². The Morgan fingerprint density at radius 2 is 2.08 bits per heavy atom. The van der Waals surface area contributed by atoms with E-state index in [0.29, 0.717) is 19.5 Å². The Kier molecular flexibility index (Phi) is 5.28. The molecule has 1 fully saturated rings. The van der Waals surface area contributed by atoms with Crippen LogP contribution in [0, 0.1) is 0 Å². The maximum absolute atomic E-state index is 12.1. The van der Waals surface area contributed by atoms with Crippen molar-refractivity contribution in [2.45, 2.75) is 25.1 Å². The number of pyridine rings is 1. The quantitative estimate of drug-likeness (QED) is 0.872. The number of sulfonamides is 1. The second-order valence-corrected chi connectivity index (χ2v) is 8.18. The van der Waals surface area contributed by atoms with Crippen LogP contribution in [-0.2, 0) is 16.6 Å². The van der Waals surface area contributed by atoms with Crippen molar-refractivity contribution in [1.29, 1.82) is 0 Å². The molecule has 1 N–H and O–H groups in total. The lowest BCUT2D eigenvalue weighted by Crippen LogP contribution is -2.36. The summed E-state index contributed by atoms with van der Waals surface area (Å²) >= 11 is 0. The fourth-order valence-corrected chi connectivity index (χ4v) is 4.61. The highest BCUT2D eigenvalue weighted by Crippen LogP contribution is 2.22. The largest absolute Gasteiger partial charge is 0.298 e. The molecule has 1 aliphatic heterocycles. The molecule has 1 aliphatic rings. The first-order chi connectivity index (χ1) is 11.6. The molecule has 2 aromatic rings. The van der Waals surface area contributed by atoms with Crippen LogP contribution in [0.3, 0.4) is 0 Å². The van der Waals surface area contributed by atoms with E-state index in [1.807, 2.05) is 31.3 Å². The molecule has 1 saturated heterocycles. The van der Waals surface area contributed by atoms with Gasteiger partial charge in [0.05, 0.1) is 5.25 Å². The van der Waals surface area contributed by atoms with E-state index in [4.69, 9.17) is 0 Å². The van der Waals surface area contributed by atoms with E-state index < -0.39 is 10.0 Å². The summed E-state index contributed by atoms with van der Waals surface area (Å²) in [5.41, 5.74) is 3.42. The van der Waals surface area contributed by atoms with Crippen molar-refractivity contribution in [3.05, 3.63) is 54.4 Å². The minimum absolute atomic E-state index is 0.307. The standard InChI is InChI=1S/C18H23N3O2S/c1-2-20-24(22,23)18-8-10-21(14-18)13-15-5-3-6-16(11-15)17-7-4-9-19-12-17/h3-7,9,11-12,18,20H,2,8,10,13-14H2,1H3. The first-order valence-electron chi connectivity index (χ1n) is 8.28. The van der Waals surface area contributed by atoms with Gasteiger partial charge in [0.15, 0.2) is 0 Å². The lowest BCUT2D eigenvalue weighted by Gasteiger charge is -2.17. The van der Waals surface area contributed by atoms with Crippen molar-refractivity contribution < 1.29 is 8.42 Å². The second kappa shape index (κ2) is 7.42. The van der Waals surface area contributed by atoms with E-state index in [2.05, 4.69) is 32.8 Å². The number of hydrogen-bond donors (Lipinski definition) is 1. The molecule has 1 unspecified atom stereocenters. The summed E-state index contributed by atoms with van der Waals surface area (Å²) in [6.07, 6.45) is 4.31. The third-order valence-electron chi connectivity index (χ3n) is 4.34. The fraction of sp³-hybridized carbons (Fsp3) is 0.389. The third kappa shape index (κ3) is 4.01. The fourth-order valence-electron chi connectivity index (χ4n) is 3.15. The molecule has 0 spiro atoms. The van der Waals surface area contributed by atoms with Gasteiger partial charge in [0.25, 0.3) is 0 Å². The zero-order valence-corrected chi connectivity index (χ0v) is 14.7. The highest BCUT2D eigenvalue weighted by molar-refractivity contribution is 7.90. The lowest BCUT2D eigenvalue weighted by molar-refractivity contribution is 0.331. The molecule has 1 aromatic heterocycles. The molecule has 0 saturated carbocycles. The Labute approximate surface area is 143 Å².